The van der Waals surface area contributed by atoms with Crippen LogP contribution < -0.4 is 15.1 Å². The average molecular weight is 505 g/mol. The molecule has 0 saturated heterocycles. The first-order valence-corrected chi connectivity index (χ1v) is 11.7. The van der Waals surface area contributed by atoms with E-state index in [4.69, 9.17) is 37.2 Å². The number of fused-ring (bicyclic) bond motifs is 1. The van der Waals surface area contributed by atoms with Crippen LogP contribution in [0.4, 0.5) is 16.2 Å². The molecule has 0 bridgehead atoms. The largest absolute Gasteiger partial charge is 0.494 e. The van der Waals surface area contributed by atoms with Crippen molar-refractivity contribution in [2.24, 2.45) is 0 Å². The summed E-state index contributed by atoms with van der Waals surface area (Å²) in [5.74, 6) is 0.505. The number of carbonyl (C=O) groups is 1. The number of halogens is 2. The minimum Gasteiger partial charge on any atom is -0.494 e. The van der Waals surface area contributed by atoms with E-state index in [9.17, 15) is 13.2 Å². The van der Waals surface area contributed by atoms with E-state index in [-0.39, 0.29) is 6.54 Å². The van der Waals surface area contributed by atoms with Crippen molar-refractivity contribution < 1.29 is 31.5 Å². The molecule has 2 aromatic carbocycles. The Bertz CT molecular complexity index is 1090. The highest BCUT2D eigenvalue weighted by atomic mass is 35.5. The Hall–Kier alpha value is -2.24. The normalized spacial score (nSPS) is 14.8. The summed E-state index contributed by atoms with van der Waals surface area (Å²) in [6.45, 7) is 3.99. The third-order valence-corrected chi connectivity index (χ3v) is 5.53. The third-order valence-electron chi connectivity index (χ3n) is 4.61. The van der Waals surface area contributed by atoms with E-state index in [1.165, 1.54) is 0 Å². The van der Waals surface area contributed by atoms with Crippen LogP contribution in [0.5, 0.6) is 5.75 Å². The van der Waals surface area contributed by atoms with Gasteiger partial charge in [-0.25, -0.2) is 9.86 Å². The van der Waals surface area contributed by atoms with Gasteiger partial charge in [0, 0.05) is 23.2 Å². The Kier molecular flexibility index (Phi) is 7.41. The number of cyclic esters (lactones) is 1. The fraction of sp³-hybridized carbons (Fsp3) is 0.350. The molecule has 1 aliphatic rings. The van der Waals surface area contributed by atoms with Crippen molar-refractivity contribution in [1.82, 2.24) is 0 Å². The maximum Gasteiger partial charge on any atom is 0.418 e. The van der Waals surface area contributed by atoms with Crippen LogP contribution in [-0.4, -0.2) is 32.2 Å². The van der Waals surface area contributed by atoms with Gasteiger partial charge in [-0.15, -0.1) is 4.28 Å². The lowest BCUT2D eigenvalue weighted by Crippen LogP contribution is -2.34. The average Bonchev–Trinajstić information content (AvgIpc) is 2.67. The van der Waals surface area contributed by atoms with Gasteiger partial charge < -0.3 is 9.47 Å². The number of benzene rings is 2. The van der Waals surface area contributed by atoms with Crippen molar-refractivity contribution in [3.8, 4) is 5.75 Å². The Morgan fingerprint density at radius 3 is 2.50 bits per heavy atom. The highest BCUT2D eigenvalue weighted by Crippen LogP contribution is 2.42. The van der Waals surface area contributed by atoms with Gasteiger partial charge >= 0.3 is 16.5 Å². The first-order valence-electron chi connectivity index (χ1n) is 9.61. The summed E-state index contributed by atoms with van der Waals surface area (Å²) in [6.07, 6.45) is 0.460. The van der Waals surface area contributed by atoms with E-state index in [0.29, 0.717) is 52.2 Å². The topological polar surface area (TPSA) is 114 Å². The van der Waals surface area contributed by atoms with Crippen molar-refractivity contribution in [3.05, 3.63) is 52.0 Å². The maximum atomic E-state index is 11.7. The minimum atomic E-state index is -4.69. The molecule has 0 fully saturated rings. The zero-order valence-electron chi connectivity index (χ0n) is 17.3. The van der Waals surface area contributed by atoms with Crippen molar-refractivity contribution in [3.63, 3.8) is 0 Å². The van der Waals surface area contributed by atoms with E-state index < -0.39 is 22.1 Å². The van der Waals surface area contributed by atoms with Crippen LogP contribution >= 0.6 is 23.2 Å². The lowest BCUT2D eigenvalue weighted by Gasteiger charge is -2.33. The Morgan fingerprint density at radius 2 is 1.84 bits per heavy atom. The molecule has 1 heterocycles. The predicted octanol–water partition coefficient (Wildman–Crippen LogP) is 5.19. The summed E-state index contributed by atoms with van der Waals surface area (Å²) < 4.78 is 47.1. The van der Waals surface area contributed by atoms with Gasteiger partial charge in [0.1, 0.15) is 11.4 Å². The molecule has 0 unspecified atom stereocenters. The molecule has 0 saturated carbocycles. The molecule has 0 aromatic heterocycles. The molecule has 0 radical (unpaired) electrons. The van der Waals surface area contributed by atoms with Crippen LogP contribution in [0.3, 0.4) is 0 Å². The van der Waals surface area contributed by atoms with E-state index in [1.54, 1.807) is 50.2 Å². The van der Waals surface area contributed by atoms with Gasteiger partial charge in [-0.3, -0.25) is 9.87 Å². The van der Waals surface area contributed by atoms with Crippen molar-refractivity contribution in [2.75, 3.05) is 23.5 Å². The van der Waals surface area contributed by atoms with Crippen LogP contribution in [0.1, 0.15) is 32.3 Å². The number of anilines is 2. The summed E-state index contributed by atoms with van der Waals surface area (Å²) in [4.78, 5) is 11.7. The highest BCUT2D eigenvalue weighted by Gasteiger charge is 2.35. The quantitative estimate of drug-likeness (QED) is 0.272. The summed E-state index contributed by atoms with van der Waals surface area (Å²) in [5, 5.41) is 4.46. The summed E-state index contributed by atoms with van der Waals surface area (Å²) in [7, 11) is -4.69. The minimum absolute atomic E-state index is 0.169. The van der Waals surface area contributed by atoms with Crippen molar-refractivity contribution in [2.45, 2.75) is 32.3 Å². The number of amides is 1. The number of hydroxylamine groups is 1. The molecular formula is C20H22Cl2N2O7S. The molecule has 12 heteroatoms. The molecule has 0 atom stereocenters. The monoisotopic (exact) mass is 504 g/mol. The molecule has 0 spiro atoms. The zero-order valence-corrected chi connectivity index (χ0v) is 19.6. The van der Waals surface area contributed by atoms with Gasteiger partial charge in [0.25, 0.3) is 0 Å². The molecule has 0 aliphatic carbocycles. The smallest absolute Gasteiger partial charge is 0.418 e. The van der Waals surface area contributed by atoms with Crippen LogP contribution in [0.2, 0.25) is 10.0 Å². The van der Waals surface area contributed by atoms with Crippen LogP contribution in [0.15, 0.2) is 36.4 Å². The van der Waals surface area contributed by atoms with E-state index >= 15 is 0 Å². The lowest BCUT2D eigenvalue weighted by atomic mass is 9.94. The number of hydrogen-bond donors (Lipinski definition) is 2. The molecule has 1 amide bonds. The number of ether oxygens (including phenoxy) is 2. The van der Waals surface area contributed by atoms with Gasteiger partial charge in [0.05, 0.1) is 23.0 Å². The van der Waals surface area contributed by atoms with Crippen LogP contribution in [0, 0.1) is 0 Å². The van der Waals surface area contributed by atoms with Gasteiger partial charge in [-0.1, -0.05) is 23.2 Å². The molecule has 3 rings (SSSR count). The third kappa shape index (κ3) is 6.39. The van der Waals surface area contributed by atoms with Gasteiger partial charge in [-0.2, -0.15) is 8.42 Å². The second-order valence-corrected chi connectivity index (χ2v) is 9.34. The standard InChI is InChI=1S/C20H22Cl2N2O7S/c1-20(2)16-11-15(12-17(22)18(16)23-19(25)30-20)29-10-4-3-9-24(31-32(26,27)28)14-7-5-13(21)6-8-14/h5-8,11-12H,3-4,9-10H2,1-2H3,(H,23,25)(H,26,27,28). The van der Waals surface area contributed by atoms with E-state index in [1.807, 2.05) is 0 Å². The second-order valence-electron chi connectivity index (χ2n) is 7.49. The SMILES string of the molecule is CC1(C)OC(=O)Nc2c(Cl)cc(OCCCCN(OS(=O)(=O)O)c3ccc(Cl)cc3)cc21. The molecule has 2 N–H and O–H groups in total. The van der Waals surface area contributed by atoms with Crippen LogP contribution in [0.25, 0.3) is 0 Å². The lowest BCUT2D eigenvalue weighted by molar-refractivity contribution is 0.0418. The number of nitrogens with one attached hydrogen (secondary N) is 1. The van der Waals surface area contributed by atoms with Gasteiger partial charge in [0.2, 0.25) is 0 Å². The molecule has 9 nitrogen and oxygen atoms in total. The fourth-order valence-electron chi connectivity index (χ4n) is 3.16. The highest BCUT2D eigenvalue weighted by molar-refractivity contribution is 7.80. The number of nitrogens with zero attached hydrogens (tertiary/aromatic N) is 1. The Morgan fingerprint density at radius 1 is 1.16 bits per heavy atom. The maximum absolute atomic E-state index is 11.7. The summed E-state index contributed by atoms with van der Waals surface area (Å²) in [6, 6.07) is 9.65. The number of hydrogen-bond acceptors (Lipinski definition) is 7. The van der Waals surface area contributed by atoms with Crippen molar-refractivity contribution >= 4 is 51.1 Å². The Balaban J connectivity index is 1.59. The number of rotatable bonds is 9. The molecule has 1 aliphatic heterocycles. The molecule has 32 heavy (non-hydrogen) atoms. The molecule has 2 aromatic rings. The predicted molar refractivity (Wildman–Crippen MR) is 121 cm³/mol. The van der Waals surface area contributed by atoms with Gasteiger partial charge in [0.15, 0.2) is 0 Å². The summed E-state index contributed by atoms with van der Waals surface area (Å²) in [5.41, 5.74) is 0.724. The fourth-order valence-corrected chi connectivity index (χ4v) is 3.93. The number of carbonyl (C=O) groups excluding carboxylic acids is 1. The summed E-state index contributed by atoms with van der Waals surface area (Å²) >= 11 is 12.2. The second kappa shape index (κ2) is 9.72. The van der Waals surface area contributed by atoms with Crippen molar-refractivity contribution in [1.29, 1.82) is 0 Å². The first-order chi connectivity index (χ1) is 14.9. The first kappa shape index (κ1) is 24.4. The molecular weight excluding hydrogens is 483 g/mol. The van der Waals surface area contributed by atoms with Gasteiger partial charge in [-0.05, 0) is 57.0 Å². The Labute approximate surface area is 196 Å². The van der Waals surface area contributed by atoms with E-state index in [2.05, 4.69) is 9.60 Å². The zero-order chi connectivity index (χ0) is 23.5. The number of unbranched alkanes of at least 4 members (excludes halogenated alkanes) is 1. The van der Waals surface area contributed by atoms with E-state index in [0.717, 1.165) is 5.06 Å². The van der Waals surface area contributed by atoms with Crippen LogP contribution in [-0.2, 0) is 25.0 Å². The molecule has 174 valence electrons.